The van der Waals surface area contributed by atoms with E-state index in [1.54, 1.807) is 84.4 Å². The van der Waals surface area contributed by atoms with E-state index in [0.29, 0.717) is 111 Å². The molecule has 0 radical (unpaired) electrons. The molecule has 5 aliphatic heterocycles. The second kappa shape index (κ2) is 45.0. The monoisotopic (exact) mass is 1980 g/mol. The van der Waals surface area contributed by atoms with E-state index >= 15 is 13.2 Å². The molecule has 0 saturated carbocycles. The van der Waals surface area contributed by atoms with Crippen molar-refractivity contribution in [3.05, 3.63) is 292 Å². The van der Waals surface area contributed by atoms with E-state index in [1.165, 1.54) is 64.2 Å². The van der Waals surface area contributed by atoms with Crippen molar-refractivity contribution in [3.63, 3.8) is 0 Å². The average molecular weight is 1980 g/mol. The number of likely N-dealkylation sites (tertiary alicyclic amines) is 5. The molecule has 0 aliphatic carbocycles. The van der Waals surface area contributed by atoms with Gasteiger partial charge in [0, 0.05) is 197 Å². The number of rotatable bonds is 15. The van der Waals surface area contributed by atoms with Crippen molar-refractivity contribution in [2.24, 2.45) is 7.05 Å². The van der Waals surface area contributed by atoms with Crippen LogP contribution in [0.15, 0.2) is 219 Å². The van der Waals surface area contributed by atoms with Crippen LogP contribution in [0.25, 0.3) is 0 Å². The highest BCUT2D eigenvalue weighted by molar-refractivity contribution is 5.91. The summed E-state index contributed by atoms with van der Waals surface area (Å²) >= 11 is 0. The molecule has 10 aromatic rings. The van der Waals surface area contributed by atoms with Gasteiger partial charge in [-0.2, -0.15) is 65.9 Å². The first-order valence-electron chi connectivity index (χ1n) is 44.6. The molecule has 0 atom stereocenters. The lowest BCUT2D eigenvalue weighted by molar-refractivity contribution is -0.348. The lowest BCUT2D eigenvalue weighted by Crippen LogP contribution is -2.50. The first-order valence-corrected chi connectivity index (χ1v) is 44.6. The molecule has 5 saturated heterocycles. The van der Waals surface area contributed by atoms with Crippen LogP contribution in [0.2, 0.25) is 0 Å². The van der Waals surface area contributed by atoms with Gasteiger partial charge in [0.15, 0.2) is 17.0 Å². The van der Waals surface area contributed by atoms with Crippen LogP contribution in [-0.4, -0.2) is 176 Å². The molecule has 10 amide bonds. The van der Waals surface area contributed by atoms with Crippen LogP contribution in [0.3, 0.4) is 0 Å². The molecule has 15 rings (SSSR count). The maximum atomic E-state index is 15.3. The Morgan fingerprint density at radius 1 is 0.357 bits per heavy atom. The fourth-order valence-corrected chi connectivity index (χ4v) is 16.8. The SMILES string of the molecule is COC1(c2ccccn2)CCN(C(=O)NCc2ccc(C(F)(F)F)cc2)CC1.COC1(c2ccccn2)CCN(C(=O)Nc2ccc(C(F)(F)F)cc2)CC1.Cc1cccnc1C1(F)CCN(C(=O)Nc2ccc(C(C)C)cc2)CC1.Cc1cccnc1C1(F)CCN(C(=O)Nc2ccc(C(F)(C(F)(F)F)C(F)(F)F)cc2)CC1.Cn1ccnc1C1(F)CCN(C(=O)Nc2ccc(C(F)(F)F)cc2)CC1. The van der Waals surface area contributed by atoms with Gasteiger partial charge in [-0.05, 0) is 189 Å². The molecule has 5 aromatic carbocycles. The lowest BCUT2D eigenvalue weighted by atomic mass is 9.87. The molecule has 140 heavy (non-hydrogen) atoms. The largest absolute Gasteiger partial charge is 0.435 e. The summed E-state index contributed by atoms with van der Waals surface area (Å²) in [5, 5.41) is 13.2. The minimum atomic E-state index is -6.23. The van der Waals surface area contributed by atoms with Gasteiger partial charge in [-0.3, -0.25) is 19.9 Å². The molecule has 5 aliphatic rings. The van der Waals surface area contributed by atoms with Crippen LogP contribution in [-0.2, 0) is 75.5 Å². The summed E-state index contributed by atoms with van der Waals surface area (Å²) in [7, 11) is 5.00. The van der Waals surface area contributed by atoms with Gasteiger partial charge >= 0.3 is 66.7 Å². The number of pyridine rings is 4. The van der Waals surface area contributed by atoms with Crippen LogP contribution in [0.4, 0.5) is 130 Å². The number of ether oxygens (including phenoxy) is 2. The third kappa shape index (κ3) is 26.7. The Balaban J connectivity index is 0.000000168. The number of anilines is 4. The first kappa shape index (κ1) is 107. The molecule has 0 spiro atoms. The maximum absolute atomic E-state index is 15.3. The molecule has 0 unspecified atom stereocenters. The number of carbonyl (C=O) groups excluding carboxylic acids is 5. The van der Waals surface area contributed by atoms with Crippen molar-refractivity contribution in [1.29, 1.82) is 0 Å². The summed E-state index contributed by atoms with van der Waals surface area (Å²) in [5.74, 6) is 0.787. The van der Waals surface area contributed by atoms with Gasteiger partial charge in [0.25, 0.3) is 0 Å². The summed E-state index contributed by atoms with van der Waals surface area (Å²) < 4.78 is 263. The molecular weight excluding hydrogens is 1870 g/mol. The summed E-state index contributed by atoms with van der Waals surface area (Å²) in [6.07, 6.45) is -12.8. The lowest BCUT2D eigenvalue weighted by Gasteiger charge is -2.40. The van der Waals surface area contributed by atoms with Crippen LogP contribution < -0.4 is 26.6 Å². The number of nitrogens with zero attached hydrogens (tertiary/aromatic N) is 11. The molecular formula is C98H105F19N16O7. The standard InChI is InChI=1S/C21H19F8N3O.C21H26FN3O.C20H22F3N3O2.C19H20F3N3O2.C17H18F4N4O/c1-13-3-2-10-30-16(13)18(22)8-11-32(12-9-18)17(33)31-15-6-4-14(5-7-15)19(23,20(24,25)26)21(27,28)29;1-15(2)17-6-8-18(9-7-17)24-20(26)25-13-10-21(22,11-14-25)19-16(3)5-4-12-23-19;1-28-19(17-4-2-3-11-24-17)9-12-26(13-10-19)18(27)25-14-15-5-7-16(8-6-15)20(21,22)23;1-27-18(16-4-2-3-11-23-16)9-12-25(13-10-18)17(26)24-15-7-5-14(6-8-15)19(20,21)22;1-24-11-8-22-14(24)16(18)6-9-25(10-7-16)15(26)23-13-4-2-12(3-5-13)17(19,20)21/h2-7,10H,8-9,11-12H2,1H3,(H,31,33);4-9,12,15H,10-11,13-14H2,1-3H3,(H,24,26);2-8,11H,9-10,12-14H2,1H3,(H,25,27);2-8,11H,9-10,12-13H2,1H3,(H,24,26);2-5,8,11H,6-7,9-10H2,1H3,(H,23,26). The fraction of sp³-hybridized carbons (Fsp3) is 0.408. The third-order valence-corrected chi connectivity index (χ3v) is 25.2. The second-order valence-electron chi connectivity index (χ2n) is 34.6. The number of alkyl halides is 19. The number of aryl methyl sites for hydroxylation is 3. The number of hydrogen-bond donors (Lipinski definition) is 5. The van der Waals surface area contributed by atoms with E-state index in [0.717, 1.165) is 71.2 Å². The number of aromatic nitrogens is 6. The Hall–Kier alpha value is -13.2. The Morgan fingerprint density at radius 2 is 0.657 bits per heavy atom. The predicted octanol–water partition coefficient (Wildman–Crippen LogP) is 23.3. The summed E-state index contributed by atoms with van der Waals surface area (Å²) in [6.45, 7) is 11.1. The van der Waals surface area contributed by atoms with Crippen molar-refractivity contribution in [2.45, 2.75) is 169 Å². The van der Waals surface area contributed by atoms with Crippen LogP contribution in [0.5, 0.6) is 0 Å². The van der Waals surface area contributed by atoms with Gasteiger partial charge in [0.2, 0.25) is 0 Å². The number of imidazole rings is 1. The quantitative estimate of drug-likeness (QED) is 0.0601. The van der Waals surface area contributed by atoms with Crippen molar-refractivity contribution < 1.29 is 117 Å². The number of nitrogens with one attached hydrogen (secondary N) is 5. The highest BCUT2D eigenvalue weighted by Gasteiger charge is 2.73. The van der Waals surface area contributed by atoms with E-state index in [-0.39, 0.29) is 106 Å². The van der Waals surface area contributed by atoms with Crippen molar-refractivity contribution >= 4 is 52.9 Å². The van der Waals surface area contributed by atoms with E-state index in [1.807, 2.05) is 79.7 Å². The van der Waals surface area contributed by atoms with Crippen LogP contribution in [0, 0.1) is 13.8 Å². The zero-order valence-corrected chi connectivity index (χ0v) is 77.2. The Labute approximate surface area is 795 Å². The molecule has 23 nitrogen and oxygen atoms in total. The predicted molar refractivity (Wildman–Crippen MR) is 484 cm³/mol. The number of amides is 10. The average Bonchev–Trinajstić information content (AvgIpc) is 0.746. The van der Waals surface area contributed by atoms with Gasteiger partial charge in [-0.25, -0.2) is 46.5 Å². The summed E-state index contributed by atoms with van der Waals surface area (Å²) in [5.41, 5.74) is -8.26. The van der Waals surface area contributed by atoms with Gasteiger partial charge in [0.05, 0.1) is 39.5 Å². The zero-order chi connectivity index (χ0) is 102. The topological polar surface area (TPSA) is 250 Å². The van der Waals surface area contributed by atoms with Crippen LogP contribution in [0.1, 0.15) is 157 Å². The van der Waals surface area contributed by atoms with E-state index in [9.17, 15) is 94.2 Å². The van der Waals surface area contributed by atoms with Crippen molar-refractivity contribution in [2.75, 3.05) is 101 Å². The number of benzene rings is 5. The molecule has 5 N–H and O–H groups in total. The molecule has 10 heterocycles. The number of carbonyl (C=O) groups is 5. The van der Waals surface area contributed by atoms with Crippen LogP contribution >= 0.6 is 0 Å². The normalized spacial score (nSPS) is 16.9. The van der Waals surface area contributed by atoms with Gasteiger partial charge in [0.1, 0.15) is 17.0 Å². The number of hydrogen-bond acceptors (Lipinski definition) is 12. The molecule has 5 fully saturated rings. The highest BCUT2D eigenvalue weighted by atomic mass is 19.4. The Kier molecular flexibility index (Phi) is 34.5. The van der Waals surface area contributed by atoms with E-state index in [4.69, 9.17) is 9.47 Å². The number of urea groups is 5. The molecule has 42 heteroatoms. The van der Waals surface area contributed by atoms with Gasteiger partial charge < -0.3 is 65.1 Å². The number of piperidine rings is 5. The maximum Gasteiger partial charge on any atom is 0.435 e. The third-order valence-electron chi connectivity index (χ3n) is 25.2. The number of halogens is 19. The smallest absolute Gasteiger partial charge is 0.372 e. The second-order valence-corrected chi connectivity index (χ2v) is 34.6. The van der Waals surface area contributed by atoms with Gasteiger partial charge in [-0.1, -0.05) is 74.5 Å². The van der Waals surface area contributed by atoms with E-state index in [2.05, 4.69) is 65.4 Å². The minimum Gasteiger partial charge on any atom is -0.372 e. The molecule has 5 aromatic heterocycles. The van der Waals surface area contributed by atoms with E-state index < -0.39 is 99.1 Å². The first-order chi connectivity index (χ1) is 65.9. The fourth-order valence-electron chi connectivity index (χ4n) is 16.8. The Morgan fingerprint density at radius 3 is 0.943 bits per heavy atom. The molecule has 0 bridgehead atoms. The summed E-state index contributed by atoms with van der Waals surface area (Å²) in [4.78, 5) is 90.8. The number of methoxy groups -OCH3 is 2. The van der Waals surface area contributed by atoms with Crippen molar-refractivity contribution in [3.8, 4) is 0 Å². The Bertz CT molecular complexity index is 5710. The molecule has 752 valence electrons. The van der Waals surface area contributed by atoms with Gasteiger partial charge in [-0.15, -0.1) is 0 Å². The highest BCUT2D eigenvalue weighted by Crippen LogP contribution is 2.54. The summed E-state index contributed by atoms with van der Waals surface area (Å²) in [6, 6.07) is 39.7. The zero-order valence-electron chi connectivity index (χ0n) is 77.2. The van der Waals surface area contributed by atoms with Crippen molar-refractivity contribution in [1.82, 2.24) is 59.3 Å². The minimum absolute atomic E-state index is 0.00612.